The third kappa shape index (κ3) is 3.86. The van der Waals surface area contributed by atoms with E-state index >= 15 is 0 Å². The Morgan fingerprint density at radius 2 is 2.08 bits per heavy atom. The van der Waals surface area contributed by atoms with Crippen LogP contribution in [-0.2, 0) is 11.3 Å². The topological polar surface area (TPSA) is 55.6 Å². The van der Waals surface area contributed by atoms with Crippen molar-refractivity contribution in [3.63, 3.8) is 0 Å². The zero-order chi connectivity index (χ0) is 17.1. The van der Waals surface area contributed by atoms with Gasteiger partial charge in [0.25, 0.3) is 5.91 Å². The van der Waals surface area contributed by atoms with Crippen LogP contribution in [-0.4, -0.2) is 21.9 Å². The summed E-state index contributed by atoms with van der Waals surface area (Å²) in [6, 6.07) is 9.53. The summed E-state index contributed by atoms with van der Waals surface area (Å²) in [6.07, 6.45) is 3.62. The van der Waals surface area contributed by atoms with Crippen LogP contribution in [0.5, 0.6) is 5.75 Å². The van der Waals surface area contributed by atoms with Gasteiger partial charge in [0.1, 0.15) is 11.4 Å². The number of hydrogen-bond donors (Lipinski definition) is 1. The number of carbonyl (C=O) groups excluding carboxylic acids is 1. The monoisotopic (exact) mass is 343 g/mol. The summed E-state index contributed by atoms with van der Waals surface area (Å²) < 4.78 is 7.42. The maximum Gasteiger partial charge on any atom is 0.258 e. The van der Waals surface area contributed by atoms with Crippen LogP contribution in [0.4, 0.5) is 0 Å². The highest BCUT2D eigenvalue weighted by Crippen LogP contribution is 2.18. The molecule has 1 amide bonds. The molecule has 2 aromatic heterocycles. The van der Waals surface area contributed by atoms with Gasteiger partial charge >= 0.3 is 0 Å². The van der Waals surface area contributed by atoms with Gasteiger partial charge < -0.3 is 14.5 Å². The first-order valence-corrected chi connectivity index (χ1v) is 7.99. The number of ether oxygens (including phenoxy) is 1. The Labute approximate surface area is 145 Å². The third-order valence-electron chi connectivity index (χ3n) is 3.63. The molecule has 24 heavy (non-hydrogen) atoms. The SMILES string of the molecule is Cc1ccc(C)c(OCC(=O)NCc2cn3cc(Cl)ccc3n2)c1. The third-order valence-corrected chi connectivity index (χ3v) is 3.86. The molecule has 1 N–H and O–H groups in total. The molecule has 0 radical (unpaired) electrons. The molecule has 1 aromatic carbocycles. The average molecular weight is 344 g/mol. The number of halogens is 1. The van der Waals surface area contributed by atoms with Gasteiger partial charge in [-0.2, -0.15) is 0 Å². The van der Waals surface area contributed by atoms with Gasteiger partial charge in [0.2, 0.25) is 0 Å². The Morgan fingerprint density at radius 3 is 2.92 bits per heavy atom. The standard InChI is InChI=1S/C18H18ClN3O2/c1-12-3-4-13(2)16(7-12)24-11-18(23)20-8-15-10-22-9-14(19)5-6-17(22)21-15/h3-7,9-10H,8,11H2,1-2H3,(H,20,23). The van der Waals surface area contributed by atoms with Gasteiger partial charge in [-0.25, -0.2) is 4.98 Å². The fraction of sp³-hybridized carbons (Fsp3) is 0.222. The highest BCUT2D eigenvalue weighted by atomic mass is 35.5. The second kappa shape index (κ2) is 6.93. The molecule has 0 aliphatic carbocycles. The quantitative estimate of drug-likeness (QED) is 0.773. The molecule has 2 heterocycles. The van der Waals surface area contributed by atoms with Crippen LogP contribution in [0, 0.1) is 13.8 Å². The Hall–Kier alpha value is -2.53. The van der Waals surface area contributed by atoms with Gasteiger partial charge in [-0.3, -0.25) is 4.79 Å². The molecule has 0 spiro atoms. The molecule has 6 heteroatoms. The highest BCUT2D eigenvalue weighted by molar-refractivity contribution is 6.30. The van der Waals surface area contributed by atoms with E-state index < -0.39 is 0 Å². The minimum absolute atomic E-state index is 0.0243. The molecule has 0 saturated carbocycles. The second-order valence-electron chi connectivity index (χ2n) is 5.68. The van der Waals surface area contributed by atoms with E-state index in [2.05, 4.69) is 10.3 Å². The molecule has 5 nitrogen and oxygen atoms in total. The zero-order valence-corrected chi connectivity index (χ0v) is 14.3. The summed E-state index contributed by atoms with van der Waals surface area (Å²) >= 11 is 5.94. The Morgan fingerprint density at radius 1 is 1.25 bits per heavy atom. The van der Waals surface area contributed by atoms with Crippen molar-refractivity contribution in [2.75, 3.05) is 6.61 Å². The first kappa shape index (κ1) is 16.3. The zero-order valence-electron chi connectivity index (χ0n) is 13.5. The number of carbonyl (C=O) groups is 1. The smallest absolute Gasteiger partial charge is 0.258 e. The van der Waals surface area contributed by atoms with Crippen molar-refractivity contribution < 1.29 is 9.53 Å². The highest BCUT2D eigenvalue weighted by Gasteiger charge is 2.07. The number of amides is 1. The van der Waals surface area contributed by atoms with Crippen LogP contribution < -0.4 is 10.1 Å². The van der Waals surface area contributed by atoms with Gasteiger partial charge in [-0.15, -0.1) is 0 Å². The maximum absolute atomic E-state index is 12.0. The summed E-state index contributed by atoms with van der Waals surface area (Å²) in [7, 11) is 0. The lowest BCUT2D eigenvalue weighted by molar-refractivity contribution is -0.123. The Kier molecular flexibility index (Phi) is 4.71. The van der Waals surface area contributed by atoms with Crippen molar-refractivity contribution in [3.8, 4) is 5.75 Å². The van der Waals surface area contributed by atoms with Gasteiger partial charge in [-0.05, 0) is 43.2 Å². The predicted molar refractivity (Wildman–Crippen MR) is 93.5 cm³/mol. The molecule has 0 bridgehead atoms. The first-order valence-electron chi connectivity index (χ1n) is 7.61. The van der Waals surface area contributed by atoms with E-state index in [1.165, 1.54) is 0 Å². The lowest BCUT2D eigenvalue weighted by Gasteiger charge is -2.09. The van der Waals surface area contributed by atoms with E-state index in [1.54, 1.807) is 12.3 Å². The normalized spacial score (nSPS) is 10.8. The number of imidazole rings is 1. The van der Waals surface area contributed by atoms with Crippen molar-refractivity contribution in [3.05, 3.63) is 64.6 Å². The minimum Gasteiger partial charge on any atom is -0.483 e. The number of nitrogens with one attached hydrogen (secondary N) is 1. The van der Waals surface area contributed by atoms with Crippen molar-refractivity contribution >= 4 is 23.2 Å². The van der Waals surface area contributed by atoms with Gasteiger partial charge in [0, 0.05) is 12.4 Å². The number of fused-ring (bicyclic) bond motifs is 1. The number of benzene rings is 1. The molecule has 124 valence electrons. The molecule has 0 aliphatic rings. The lowest BCUT2D eigenvalue weighted by atomic mass is 10.1. The molecule has 0 fully saturated rings. The molecule has 0 saturated heterocycles. The van der Waals surface area contributed by atoms with Crippen LogP contribution in [0.2, 0.25) is 5.02 Å². The molecular weight excluding hydrogens is 326 g/mol. The molecule has 0 aliphatic heterocycles. The molecule has 3 aromatic rings. The number of aryl methyl sites for hydroxylation is 2. The molecule has 3 rings (SSSR count). The van der Waals surface area contributed by atoms with E-state index in [-0.39, 0.29) is 12.5 Å². The van der Waals surface area contributed by atoms with Gasteiger partial charge in [0.05, 0.1) is 17.3 Å². The van der Waals surface area contributed by atoms with Crippen LogP contribution in [0.1, 0.15) is 16.8 Å². The van der Waals surface area contributed by atoms with Crippen LogP contribution in [0.3, 0.4) is 0 Å². The predicted octanol–water partition coefficient (Wildman–Crippen LogP) is 3.30. The summed E-state index contributed by atoms with van der Waals surface area (Å²) in [5.74, 6) is 0.540. The minimum atomic E-state index is -0.189. The fourth-order valence-corrected chi connectivity index (χ4v) is 2.52. The summed E-state index contributed by atoms with van der Waals surface area (Å²) in [4.78, 5) is 16.4. The van der Waals surface area contributed by atoms with E-state index in [0.717, 1.165) is 28.2 Å². The fourth-order valence-electron chi connectivity index (χ4n) is 2.35. The number of nitrogens with zero attached hydrogens (tertiary/aromatic N) is 2. The summed E-state index contributed by atoms with van der Waals surface area (Å²) in [5.41, 5.74) is 3.65. The van der Waals surface area contributed by atoms with Crippen molar-refractivity contribution in [1.29, 1.82) is 0 Å². The molecular formula is C18H18ClN3O2. The number of pyridine rings is 1. The lowest BCUT2D eigenvalue weighted by Crippen LogP contribution is -2.28. The van der Waals surface area contributed by atoms with Crippen molar-refractivity contribution in [2.24, 2.45) is 0 Å². The Balaban J connectivity index is 1.55. The van der Waals surface area contributed by atoms with E-state index in [4.69, 9.17) is 16.3 Å². The van der Waals surface area contributed by atoms with Crippen molar-refractivity contribution in [2.45, 2.75) is 20.4 Å². The van der Waals surface area contributed by atoms with E-state index in [1.807, 2.05) is 48.7 Å². The van der Waals surface area contributed by atoms with Gasteiger partial charge in [0.15, 0.2) is 6.61 Å². The Bertz CT molecular complexity index is 889. The van der Waals surface area contributed by atoms with Crippen molar-refractivity contribution in [1.82, 2.24) is 14.7 Å². The maximum atomic E-state index is 12.0. The van der Waals surface area contributed by atoms with Crippen LogP contribution in [0.25, 0.3) is 5.65 Å². The van der Waals surface area contributed by atoms with Gasteiger partial charge in [-0.1, -0.05) is 23.7 Å². The van der Waals surface area contributed by atoms with Crippen LogP contribution in [0.15, 0.2) is 42.7 Å². The largest absolute Gasteiger partial charge is 0.483 e. The van der Waals surface area contributed by atoms with E-state index in [0.29, 0.717) is 11.6 Å². The first-order chi connectivity index (χ1) is 11.5. The summed E-state index contributed by atoms with van der Waals surface area (Å²) in [5, 5.41) is 3.44. The second-order valence-corrected chi connectivity index (χ2v) is 6.12. The molecule has 0 unspecified atom stereocenters. The number of hydrogen-bond acceptors (Lipinski definition) is 3. The summed E-state index contributed by atoms with van der Waals surface area (Å²) in [6.45, 7) is 4.26. The average Bonchev–Trinajstić information content (AvgIpc) is 2.95. The number of aromatic nitrogens is 2. The van der Waals surface area contributed by atoms with E-state index in [9.17, 15) is 4.79 Å². The number of rotatable bonds is 5. The molecule has 0 atom stereocenters. The van der Waals surface area contributed by atoms with Crippen LogP contribution >= 0.6 is 11.6 Å².